The van der Waals surface area contributed by atoms with Crippen molar-refractivity contribution in [2.24, 2.45) is 5.92 Å². The fraction of sp³-hybridized carbons (Fsp3) is 0.276. The zero-order valence-corrected chi connectivity index (χ0v) is 20.9. The van der Waals surface area contributed by atoms with Gasteiger partial charge in [0, 0.05) is 19.5 Å². The SMILES string of the molecule is CC(C)c1ccccc1N(C(=O)C1CC(=O)N(CCc2ccccc2)C1)c1nc2ccccc2s1. The van der Waals surface area contributed by atoms with Crippen LogP contribution in [0.25, 0.3) is 10.2 Å². The summed E-state index contributed by atoms with van der Waals surface area (Å²) in [5.41, 5.74) is 4.00. The van der Waals surface area contributed by atoms with Gasteiger partial charge in [0.2, 0.25) is 11.8 Å². The maximum atomic E-state index is 14.1. The molecule has 1 saturated heterocycles. The van der Waals surface area contributed by atoms with Crippen LogP contribution in [0.3, 0.4) is 0 Å². The first kappa shape index (κ1) is 23.2. The molecule has 1 unspecified atom stereocenters. The highest BCUT2D eigenvalue weighted by molar-refractivity contribution is 7.22. The molecule has 0 saturated carbocycles. The number of thiazole rings is 1. The monoisotopic (exact) mass is 483 g/mol. The lowest BCUT2D eigenvalue weighted by molar-refractivity contribution is -0.128. The largest absolute Gasteiger partial charge is 0.342 e. The number of rotatable bonds is 7. The Bertz CT molecular complexity index is 1320. The van der Waals surface area contributed by atoms with E-state index in [0.29, 0.717) is 18.2 Å². The van der Waals surface area contributed by atoms with Gasteiger partial charge in [-0.2, -0.15) is 0 Å². The van der Waals surface area contributed by atoms with Gasteiger partial charge in [0.1, 0.15) is 0 Å². The molecular formula is C29H29N3O2S. The first-order chi connectivity index (χ1) is 17.0. The van der Waals surface area contributed by atoms with Crippen LogP contribution in [-0.2, 0) is 16.0 Å². The number of hydrogen-bond donors (Lipinski definition) is 0. The Hall–Kier alpha value is -3.51. The fourth-order valence-corrected chi connectivity index (χ4v) is 5.68. The van der Waals surface area contributed by atoms with E-state index in [1.165, 1.54) is 16.9 Å². The summed E-state index contributed by atoms with van der Waals surface area (Å²) in [6.07, 6.45) is 1.02. The van der Waals surface area contributed by atoms with Gasteiger partial charge in [-0.15, -0.1) is 0 Å². The van der Waals surface area contributed by atoms with Crippen LogP contribution in [0.2, 0.25) is 0 Å². The van der Waals surface area contributed by atoms with Crippen molar-refractivity contribution in [3.8, 4) is 0 Å². The van der Waals surface area contributed by atoms with Crippen molar-refractivity contribution in [2.45, 2.75) is 32.6 Å². The number of hydrogen-bond acceptors (Lipinski definition) is 4. The van der Waals surface area contributed by atoms with Crippen LogP contribution in [0, 0.1) is 5.92 Å². The summed E-state index contributed by atoms with van der Waals surface area (Å²) in [5.74, 6) is -0.178. The van der Waals surface area contributed by atoms with E-state index >= 15 is 0 Å². The van der Waals surface area contributed by atoms with E-state index in [4.69, 9.17) is 4.98 Å². The van der Waals surface area contributed by atoms with Crippen molar-refractivity contribution >= 4 is 44.2 Å². The molecule has 5 nitrogen and oxygen atoms in total. The van der Waals surface area contributed by atoms with E-state index in [9.17, 15) is 9.59 Å². The number of fused-ring (bicyclic) bond motifs is 1. The normalized spacial score (nSPS) is 15.8. The number of para-hydroxylation sites is 2. The molecule has 1 aliphatic rings. The molecule has 0 N–H and O–H groups in total. The van der Waals surface area contributed by atoms with Gasteiger partial charge >= 0.3 is 0 Å². The lowest BCUT2D eigenvalue weighted by Gasteiger charge is -2.26. The van der Waals surface area contributed by atoms with Gasteiger partial charge in [0.15, 0.2) is 5.13 Å². The maximum absolute atomic E-state index is 14.1. The second kappa shape index (κ2) is 10.0. The molecular weight excluding hydrogens is 454 g/mol. The van der Waals surface area contributed by atoms with Gasteiger partial charge < -0.3 is 4.90 Å². The van der Waals surface area contributed by atoms with Crippen LogP contribution in [0.5, 0.6) is 0 Å². The van der Waals surface area contributed by atoms with Crippen molar-refractivity contribution in [2.75, 3.05) is 18.0 Å². The first-order valence-corrected chi connectivity index (χ1v) is 12.9. The molecule has 5 rings (SSSR count). The minimum Gasteiger partial charge on any atom is -0.342 e. The summed E-state index contributed by atoms with van der Waals surface area (Å²) in [5, 5.41) is 0.652. The van der Waals surface area contributed by atoms with Gasteiger partial charge in [-0.05, 0) is 41.7 Å². The van der Waals surface area contributed by atoms with Gasteiger partial charge in [-0.1, -0.05) is 85.8 Å². The number of carbonyl (C=O) groups is 2. The molecule has 0 aliphatic carbocycles. The number of nitrogens with zero attached hydrogens (tertiary/aromatic N) is 3. The second-order valence-corrected chi connectivity index (χ2v) is 10.3. The Morgan fingerprint density at radius 3 is 2.51 bits per heavy atom. The fourth-order valence-electron chi connectivity index (χ4n) is 4.70. The van der Waals surface area contributed by atoms with Crippen LogP contribution >= 0.6 is 11.3 Å². The van der Waals surface area contributed by atoms with Gasteiger partial charge in [0.25, 0.3) is 0 Å². The topological polar surface area (TPSA) is 53.5 Å². The molecule has 178 valence electrons. The molecule has 4 aromatic rings. The number of carbonyl (C=O) groups excluding carboxylic acids is 2. The minimum absolute atomic E-state index is 0.0423. The average Bonchev–Trinajstić information content (AvgIpc) is 3.47. The number of likely N-dealkylation sites (tertiary alicyclic amines) is 1. The lowest BCUT2D eigenvalue weighted by atomic mass is 9.99. The zero-order valence-electron chi connectivity index (χ0n) is 20.1. The van der Waals surface area contributed by atoms with Crippen molar-refractivity contribution < 1.29 is 9.59 Å². The molecule has 3 aromatic carbocycles. The van der Waals surface area contributed by atoms with Crippen LogP contribution in [0.4, 0.5) is 10.8 Å². The summed E-state index contributed by atoms with van der Waals surface area (Å²) in [6, 6.07) is 26.1. The minimum atomic E-state index is -0.398. The van der Waals surface area contributed by atoms with Gasteiger partial charge in [0.05, 0.1) is 21.8 Å². The third kappa shape index (κ3) is 4.84. The van der Waals surface area contributed by atoms with Crippen molar-refractivity contribution in [1.29, 1.82) is 0 Å². The quantitative estimate of drug-likeness (QED) is 0.316. The Kier molecular flexibility index (Phi) is 6.64. The highest BCUT2D eigenvalue weighted by atomic mass is 32.1. The van der Waals surface area contributed by atoms with Crippen LogP contribution in [0.1, 0.15) is 37.3 Å². The summed E-state index contributed by atoms with van der Waals surface area (Å²) < 4.78 is 1.04. The molecule has 6 heteroatoms. The highest BCUT2D eigenvalue weighted by Crippen LogP contribution is 2.39. The molecule has 0 radical (unpaired) electrons. The summed E-state index contributed by atoms with van der Waals surface area (Å²) >= 11 is 1.51. The van der Waals surface area contributed by atoms with E-state index in [1.807, 2.05) is 65.6 Å². The standard InChI is InChI=1S/C29H29N3O2S/c1-20(2)23-12-6-8-14-25(23)32(29-30-24-13-7-9-15-26(24)35-29)28(34)22-18-27(33)31(19-22)17-16-21-10-4-3-5-11-21/h3-15,20,22H,16-19H2,1-2H3. The molecule has 0 spiro atoms. The lowest BCUT2D eigenvalue weighted by Crippen LogP contribution is -2.35. The number of benzene rings is 3. The zero-order chi connectivity index (χ0) is 24.4. The molecule has 2 amide bonds. The summed E-state index contributed by atoms with van der Waals surface area (Å²) in [7, 11) is 0. The smallest absolute Gasteiger partial charge is 0.238 e. The summed E-state index contributed by atoms with van der Waals surface area (Å²) in [4.78, 5) is 35.4. The maximum Gasteiger partial charge on any atom is 0.238 e. The predicted octanol–water partition coefficient (Wildman–Crippen LogP) is 6.18. The number of anilines is 2. The van der Waals surface area contributed by atoms with E-state index in [-0.39, 0.29) is 24.2 Å². The van der Waals surface area contributed by atoms with Gasteiger partial charge in [-0.3, -0.25) is 14.5 Å². The Morgan fingerprint density at radius 1 is 1.03 bits per heavy atom. The van der Waals surface area contributed by atoms with E-state index in [1.54, 1.807) is 4.90 Å². The predicted molar refractivity (Wildman–Crippen MR) is 142 cm³/mol. The van der Waals surface area contributed by atoms with Crippen molar-refractivity contribution in [1.82, 2.24) is 9.88 Å². The number of amides is 2. The first-order valence-electron chi connectivity index (χ1n) is 12.1. The van der Waals surface area contributed by atoms with Gasteiger partial charge in [-0.25, -0.2) is 4.98 Å². The molecule has 1 aliphatic heterocycles. The van der Waals surface area contributed by atoms with E-state index in [0.717, 1.165) is 27.9 Å². The molecule has 1 aromatic heterocycles. The molecule has 1 atom stereocenters. The van der Waals surface area contributed by atoms with Crippen LogP contribution < -0.4 is 4.90 Å². The third-order valence-corrected chi connectivity index (χ3v) is 7.59. The Morgan fingerprint density at radius 2 is 1.74 bits per heavy atom. The number of aromatic nitrogens is 1. The Labute approximate surface area is 210 Å². The van der Waals surface area contributed by atoms with E-state index in [2.05, 4.69) is 32.0 Å². The molecule has 2 heterocycles. The molecule has 0 bridgehead atoms. The highest BCUT2D eigenvalue weighted by Gasteiger charge is 2.38. The molecule has 1 fully saturated rings. The van der Waals surface area contributed by atoms with E-state index < -0.39 is 5.92 Å². The van der Waals surface area contributed by atoms with Crippen LogP contribution in [0.15, 0.2) is 78.9 Å². The van der Waals surface area contributed by atoms with Crippen molar-refractivity contribution in [3.05, 3.63) is 90.0 Å². The van der Waals surface area contributed by atoms with Crippen LogP contribution in [-0.4, -0.2) is 34.8 Å². The third-order valence-electron chi connectivity index (χ3n) is 6.57. The average molecular weight is 484 g/mol. The summed E-state index contributed by atoms with van der Waals surface area (Å²) in [6.45, 7) is 5.32. The second-order valence-electron chi connectivity index (χ2n) is 9.33. The van der Waals surface area contributed by atoms with Crippen molar-refractivity contribution in [3.63, 3.8) is 0 Å². The molecule has 35 heavy (non-hydrogen) atoms. The Balaban J connectivity index is 1.45.